The Morgan fingerprint density at radius 3 is 2.54 bits per heavy atom. The Kier molecular flexibility index (Phi) is 5.51. The molecule has 1 aliphatic heterocycles. The number of carbonyl (C=O) groups is 2. The first-order valence-corrected chi connectivity index (χ1v) is 8.99. The average molecular weight is 329 g/mol. The van der Waals surface area contributed by atoms with Gasteiger partial charge < -0.3 is 10.6 Å². The molecule has 0 radical (unpaired) electrons. The normalized spacial score (nSPS) is 21.8. The largest absolute Gasteiger partial charge is 0.352 e. The standard InChI is InChI=1S/C19H27N3O2/c1-14-7-9-16(10-8-14)20-18(23)13-22-11-3-6-17(12-22)21-19(24)15-4-2-5-15/h7-10,15,17H,2-6,11-13H2,1H3,(H,20,23)(H,21,24). The van der Waals surface area contributed by atoms with Gasteiger partial charge in [-0.1, -0.05) is 24.1 Å². The number of likely N-dealkylation sites (tertiary alicyclic amines) is 1. The molecule has 2 N–H and O–H groups in total. The smallest absolute Gasteiger partial charge is 0.238 e. The van der Waals surface area contributed by atoms with Gasteiger partial charge in [0.25, 0.3) is 0 Å². The van der Waals surface area contributed by atoms with Crippen LogP contribution in [0.1, 0.15) is 37.7 Å². The molecule has 2 amide bonds. The van der Waals surface area contributed by atoms with E-state index in [0.717, 1.165) is 44.5 Å². The molecule has 1 atom stereocenters. The third kappa shape index (κ3) is 4.57. The number of nitrogens with zero attached hydrogens (tertiary/aromatic N) is 1. The number of piperidine rings is 1. The first kappa shape index (κ1) is 17.0. The van der Waals surface area contributed by atoms with Gasteiger partial charge in [0.2, 0.25) is 11.8 Å². The minimum atomic E-state index is 0.00447. The number of anilines is 1. The van der Waals surface area contributed by atoms with Crippen molar-refractivity contribution < 1.29 is 9.59 Å². The number of amides is 2. The van der Waals surface area contributed by atoms with E-state index >= 15 is 0 Å². The fraction of sp³-hybridized carbons (Fsp3) is 0.579. The van der Waals surface area contributed by atoms with Crippen LogP contribution in [0.5, 0.6) is 0 Å². The molecule has 1 aromatic carbocycles. The fourth-order valence-corrected chi connectivity index (χ4v) is 3.35. The van der Waals surface area contributed by atoms with E-state index in [4.69, 9.17) is 0 Å². The van der Waals surface area contributed by atoms with Crippen LogP contribution in [0.3, 0.4) is 0 Å². The quantitative estimate of drug-likeness (QED) is 0.871. The van der Waals surface area contributed by atoms with Gasteiger partial charge in [-0.15, -0.1) is 0 Å². The van der Waals surface area contributed by atoms with E-state index in [-0.39, 0.29) is 23.8 Å². The maximum absolute atomic E-state index is 12.2. The SMILES string of the molecule is Cc1ccc(NC(=O)CN2CCCC(NC(=O)C3CCC3)C2)cc1. The van der Waals surface area contributed by atoms with Gasteiger partial charge in [-0.3, -0.25) is 14.5 Å². The maximum atomic E-state index is 12.2. The molecule has 24 heavy (non-hydrogen) atoms. The summed E-state index contributed by atoms with van der Waals surface area (Å²) in [4.78, 5) is 26.4. The van der Waals surface area contributed by atoms with Gasteiger partial charge in [-0.05, 0) is 51.3 Å². The maximum Gasteiger partial charge on any atom is 0.238 e. The minimum Gasteiger partial charge on any atom is -0.352 e. The summed E-state index contributed by atoms with van der Waals surface area (Å²) >= 11 is 0. The molecule has 2 fully saturated rings. The number of aryl methyl sites for hydroxylation is 1. The van der Waals surface area contributed by atoms with Gasteiger partial charge in [-0.25, -0.2) is 0 Å². The molecular formula is C19H27N3O2. The number of hydrogen-bond donors (Lipinski definition) is 2. The van der Waals surface area contributed by atoms with Crippen LogP contribution in [0, 0.1) is 12.8 Å². The Labute approximate surface area is 143 Å². The van der Waals surface area contributed by atoms with Crippen molar-refractivity contribution >= 4 is 17.5 Å². The molecule has 1 saturated carbocycles. The predicted molar refractivity (Wildman–Crippen MR) is 94.8 cm³/mol. The van der Waals surface area contributed by atoms with Gasteiger partial charge in [0, 0.05) is 24.2 Å². The molecule has 0 spiro atoms. The van der Waals surface area contributed by atoms with E-state index in [2.05, 4.69) is 15.5 Å². The highest BCUT2D eigenvalue weighted by Gasteiger charge is 2.29. The third-order valence-corrected chi connectivity index (χ3v) is 5.03. The number of nitrogens with one attached hydrogen (secondary N) is 2. The van der Waals surface area contributed by atoms with Gasteiger partial charge in [-0.2, -0.15) is 0 Å². The second-order valence-electron chi connectivity index (χ2n) is 7.12. The monoisotopic (exact) mass is 329 g/mol. The summed E-state index contributed by atoms with van der Waals surface area (Å²) < 4.78 is 0. The minimum absolute atomic E-state index is 0.00447. The zero-order valence-corrected chi connectivity index (χ0v) is 14.4. The van der Waals surface area contributed by atoms with Crippen LogP contribution in [0.15, 0.2) is 24.3 Å². The van der Waals surface area contributed by atoms with Gasteiger partial charge in [0.1, 0.15) is 0 Å². The highest BCUT2D eigenvalue weighted by Crippen LogP contribution is 2.26. The van der Waals surface area contributed by atoms with Crippen molar-refractivity contribution in [1.82, 2.24) is 10.2 Å². The second kappa shape index (κ2) is 7.79. The lowest BCUT2D eigenvalue weighted by Crippen LogP contribution is -2.51. The lowest BCUT2D eigenvalue weighted by atomic mass is 9.84. The van der Waals surface area contributed by atoms with Gasteiger partial charge >= 0.3 is 0 Å². The molecule has 3 rings (SSSR count). The van der Waals surface area contributed by atoms with Crippen LogP contribution in [0.2, 0.25) is 0 Å². The summed E-state index contributed by atoms with van der Waals surface area (Å²) in [6.45, 7) is 4.08. The Hall–Kier alpha value is -1.88. The second-order valence-corrected chi connectivity index (χ2v) is 7.12. The summed E-state index contributed by atoms with van der Waals surface area (Å²) in [5.74, 6) is 0.437. The lowest BCUT2D eigenvalue weighted by Gasteiger charge is -2.34. The Bertz CT molecular complexity index is 581. The van der Waals surface area contributed by atoms with Gasteiger partial charge in [0.05, 0.1) is 6.54 Å². The van der Waals surface area contributed by atoms with Crippen molar-refractivity contribution in [3.05, 3.63) is 29.8 Å². The number of carbonyl (C=O) groups excluding carboxylic acids is 2. The molecule has 1 saturated heterocycles. The van der Waals surface area contributed by atoms with E-state index < -0.39 is 0 Å². The summed E-state index contributed by atoms with van der Waals surface area (Å²) in [6.07, 6.45) is 5.26. The fourth-order valence-electron chi connectivity index (χ4n) is 3.35. The van der Waals surface area contributed by atoms with Crippen molar-refractivity contribution in [2.75, 3.05) is 25.0 Å². The van der Waals surface area contributed by atoms with E-state index in [1.165, 1.54) is 12.0 Å². The molecule has 1 unspecified atom stereocenters. The highest BCUT2D eigenvalue weighted by molar-refractivity contribution is 5.92. The molecule has 5 heteroatoms. The van der Waals surface area contributed by atoms with Crippen LogP contribution in [0.4, 0.5) is 5.69 Å². The Morgan fingerprint density at radius 1 is 1.12 bits per heavy atom. The van der Waals surface area contributed by atoms with E-state index in [0.29, 0.717) is 6.54 Å². The van der Waals surface area contributed by atoms with Crippen molar-refractivity contribution in [1.29, 1.82) is 0 Å². The zero-order chi connectivity index (χ0) is 16.9. The van der Waals surface area contributed by atoms with Crippen molar-refractivity contribution in [3.8, 4) is 0 Å². The summed E-state index contributed by atoms with van der Waals surface area (Å²) in [7, 11) is 0. The van der Waals surface area contributed by atoms with E-state index in [1.54, 1.807) is 0 Å². The van der Waals surface area contributed by atoms with Crippen LogP contribution in [0.25, 0.3) is 0 Å². The Balaban J connectivity index is 1.44. The Morgan fingerprint density at radius 2 is 1.88 bits per heavy atom. The summed E-state index contributed by atoms with van der Waals surface area (Å²) in [5, 5.41) is 6.11. The molecule has 0 aromatic heterocycles. The molecule has 1 aliphatic carbocycles. The lowest BCUT2D eigenvalue weighted by molar-refractivity contribution is -0.128. The molecule has 1 aromatic rings. The molecule has 130 valence electrons. The molecule has 2 aliphatic rings. The van der Waals surface area contributed by atoms with Crippen molar-refractivity contribution in [2.45, 2.75) is 45.1 Å². The van der Waals surface area contributed by atoms with Crippen LogP contribution in [-0.2, 0) is 9.59 Å². The summed E-state index contributed by atoms with van der Waals surface area (Å²) in [6, 6.07) is 8.00. The van der Waals surface area contributed by atoms with E-state index in [9.17, 15) is 9.59 Å². The molecular weight excluding hydrogens is 302 g/mol. The first-order chi connectivity index (χ1) is 11.6. The third-order valence-electron chi connectivity index (χ3n) is 5.03. The summed E-state index contributed by atoms with van der Waals surface area (Å²) in [5.41, 5.74) is 2.01. The van der Waals surface area contributed by atoms with Crippen LogP contribution < -0.4 is 10.6 Å². The molecule has 5 nitrogen and oxygen atoms in total. The molecule has 0 bridgehead atoms. The number of hydrogen-bond acceptors (Lipinski definition) is 3. The number of benzene rings is 1. The van der Waals surface area contributed by atoms with Gasteiger partial charge in [0.15, 0.2) is 0 Å². The van der Waals surface area contributed by atoms with Crippen molar-refractivity contribution in [3.63, 3.8) is 0 Å². The molecule has 1 heterocycles. The zero-order valence-electron chi connectivity index (χ0n) is 14.4. The topological polar surface area (TPSA) is 61.4 Å². The average Bonchev–Trinajstić information content (AvgIpc) is 2.48. The van der Waals surface area contributed by atoms with Crippen LogP contribution >= 0.6 is 0 Å². The highest BCUT2D eigenvalue weighted by atomic mass is 16.2. The number of rotatable bonds is 5. The van der Waals surface area contributed by atoms with Crippen molar-refractivity contribution in [2.24, 2.45) is 5.92 Å². The predicted octanol–water partition coefficient (Wildman–Crippen LogP) is 2.31. The van der Waals surface area contributed by atoms with E-state index in [1.807, 2.05) is 31.2 Å². The van der Waals surface area contributed by atoms with Crippen LogP contribution in [-0.4, -0.2) is 42.4 Å². The first-order valence-electron chi connectivity index (χ1n) is 8.99.